The Labute approximate surface area is 117 Å². The molecule has 7 nitrogen and oxygen atoms in total. The number of amides is 2. The van der Waals surface area contributed by atoms with Gasteiger partial charge >= 0.3 is 0 Å². The SMILES string of the molecule is COCCNCc1cncn1C1CCC(=O)N(C)C1=O. The Kier molecular flexibility index (Phi) is 4.86. The molecule has 0 bridgehead atoms. The summed E-state index contributed by atoms with van der Waals surface area (Å²) in [4.78, 5) is 29.0. The molecular formula is C13H20N4O3. The van der Waals surface area contributed by atoms with Gasteiger partial charge in [0.25, 0.3) is 5.91 Å². The average Bonchev–Trinajstić information content (AvgIpc) is 2.89. The summed E-state index contributed by atoms with van der Waals surface area (Å²) in [5.41, 5.74) is 0.933. The number of carbonyl (C=O) groups excluding carboxylic acids is 2. The lowest BCUT2D eigenvalue weighted by Crippen LogP contribution is -2.43. The zero-order chi connectivity index (χ0) is 14.5. The maximum absolute atomic E-state index is 12.2. The van der Waals surface area contributed by atoms with Crippen molar-refractivity contribution in [2.75, 3.05) is 27.3 Å². The van der Waals surface area contributed by atoms with E-state index in [-0.39, 0.29) is 17.9 Å². The fourth-order valence-electron chi connectivity index (χ4n) is 2.30. The lowest BCUT2D eigenvalue weighted by atomic mass is 10.0. The number of hydrogen-bond donors (Lipinski definition) is 1. The van der Waals surface area contributed by atoms with Crippen molar-refractivity contribution in [2.45, 2.75) is 25.4 Å². The predicted molar refractivity (Wildman–Crippen MR) is 71.9 cm³/mol. The molecule has 1 aromatic rings. The number of imidazole rings is 1. The van der Waals surface area contributed by atoms with E-state index in [0.29, 0.717) is 26.0 Å². The fourth-order valence-corrected chi connectivity index (χ4v) is 2.30. The molecule has 1 saturated heterocycles. The molecule has 1 N–H and O–H groups in total. The lowest BCUT2D eigenvalue weighted by molar-refractivity contribution is -0.149. The largest absolute Gasteiger partial charge is 0.383 e. The summed E-state index contributed by atoms with van der Waals surface area (Å²) in [6, 6.07) is -0.334. The highest BCUT2D eigenvalue weighted by atomic mass is 16.5. The van der Waals surface area contributed by atoms with Crippen molar-refractivity contribution in [3.05, 3.63) is 18.2 Å². The molecule has 0 radical (unpaired) electrons. The first-order chi connectivity index (χ1) is 9.65. The summed E-state index contributed by atoms with van der Waals surface area (Å²) in [6.45, 7) is 1.98. The third kappa shape index (κ3) is 3.05. The van der Waals surface area contributed by atoms with Crippen molar-refractivity contribution in [3.63, 3.8) is 0 Å². The van der Waals surface area contributed by atoms with Crippen LogP contribution in [0.3, 0.4) is 0 Å². The molecule has 7 heteroatoms. The van der Waals surface area contributed by atoms with Crippen LogP contribution in [0.5, 0.6) is 0 Å². The zero-order valence-corrected chi connectivity index (χ0v) is 11.8. The molecule has 1 aromatic heterocycles. The molecule has 1 aliphatic rings. The number of ether oxygens (including phenoxy) is 1. The van der Waals surface area contributed by atoms with Crippen molar-refractivity contribution < 1.29 is 14.3 Å². The van der Waals surface area contributed by atoms with Crippen LogP contribution in [-0.2, 0) is 20.9 Å². The zero-order valence-electron chi connectivity index (χ0n) is 11.8. The highest BCUT2D eigenvalue weighted by molar-refractivity contribution is 5.99. The van der Waals surface area contributed by atoms with Crippen LogP contribution in [0.2, 0.25) is 0 Å². The Morgan fingerprint density at radius 1 is 1.50 bits per heavy atom. The van der Waals surface area contributed by atoms with Gasteiger partial charge in [0.15, 0.2) is 0 Å². The highest BCUT2D eigenvalue weighted by Crippen LogP contribution is 2.24. The van der Waals surface area contributed by atoms with E-state index >= 15 is 0 Å². The molecule has 0 saturated carbocycles. The number of rotatable bonds is 6. The number of nitrogens with one attached hydrogen (secondary N) is 1. The van der Waals surface area contributed by atoms with Crippen LogP contribution in [0.1, 0.15) is 24.6 Å². The minimum absolute atomic E-state index is 0.119. The molecule has 1 unspecified atom stereocenters. The molecule has 0 aromatic carbocycles. The van der Waals surface area contributed by atoms with E-state index in [4.69, 9.17) is 4.74 Å². The number of hydrogen-bond acceptors (Lipinski definition) is 5. The van der Waals surface area contributed by atoms with E-state index in [2.05, 4.69) is 10.3 Å². The van der Waals surface area contributed by atoms with E-state index in [1.807, 2.05) is 4.57 Å². The third-order valence-corrected chi connectivity index (χ3v) is 3.49. The molecule has 2 amide bonds. The van der Waals surface area contributed by atoms with Crippen LogP contribution in [0.15, 0.2) is 12.5 Å². The Morgan fingerprint density at radius 2 is 2.30 bits per heavy atom. The van der Waals surface area contributed by atoms with Gasteiger partial charge in [0.1, 0.15) is 6.04 Å². The maximum Gasteiger partial charge on any atom is 0.252 e. The van der Waals surface area contributed by atoms with Crippen LogP contribution >= 0.6 is 0 Å². The average molecular weight is 280 g/mol. The van der Waals surface area contributed by atoms with E-state index in [9.17, 15) is 9.59 Å². The molecule has 2 heterocycles. The van der Waals surface area contributed by atoms with Gasteiger partial charge in [0, 0.05) is 39.9 Å². The number of nitrogens with zero attached hydrogens (tertiary/aromatic N) is 3. The summed E-state index contributed by atoms with van der Waals surface area (Å²) in [5, 5.41) is 3.23. The Morgan fingerprint density at radius 3 is 3.05 bits per heavy atom. The molecule has 0 spiro atoms. The molecule has 1 fully saturated rings. The van der Waals surface area contributed by atoms with Crippen molar-refractivity contribution in [2.24, 2.45) is 0 Å². The van der Waals surface area contributed by atoms with Crippen molar-refractivity contribution in [1.82, 2.24) is 19.8 Å². The lowest BCUT2D eigenvalue weighted by Gasteiger charge is -2.29. The van der Waals surface area contributed by atoms with Gasteiger partial charge < -0.3 is 14.6 Å². The first kappa shape index (κ1) is 14.7. The van der Waals surface area contributed by atoms with Gasteiger partial charge in [-0.05, 0) is 6.42 Å². The quantitative estimate of drug-likeness (QED) is 0.583. The summed E-state index contributed by atoms with van der Waals surface area (Å²) in [7, 11) is 3.18. The number of piperidine rings is 1. The normalized spacial score (nSPS) is 19.7. The van der Waals surface area contributed by atoms with Gasteiger partial charge in [0.05, 0.1) is 18.6 Å². The number of carbonyl (C=O) groups is 2. The van der Waals surface area contributed by atoms with Gasteiger partial charge in [-0.2, -0.15) is 0 Å². The molecule has 0 aliphatic carbocycles. The highest BCUT2D eigenvalue weighted by Gasteiger charge is 2.33. The van der Waals surface area contributed by atoms with Crippen LogP contribution in [-0.4, -0.2) is 53.6 Å². The van der Waals surface area contributed by atoms with Crippen LogP contribution in [0.25, 0.3) is 0 Å². The smallest absolute Gasteiger partial charge is 0.252 e. The number of likely N-dealkylation sites (tertiary alicyclic amines) is 1. The number of aromatic nitrogens is 2. The molecule has 20 heavy (non-hydrogen) atoms. The summed E-state index contributed by atoms with van der Waals surface area (Å²) < 4.78 is 6.82. The van der Waals surface area contributed by atoms with E-state index in [1.165, 1.54) is 11.9 Å². The Hall–Kier alpha value is -1.73. The minimum atomic E-state index is -0.334. The number of likely N-dealkylation sites (N-methyl/N-ethyl adjacent to an activating group) is 1. The minimum Gasteiger partial charge on any atom is -0.383 e. The molecule has 110 valence electrons. The topological polar surface area (TPSA) is 76.5 Å². The maximum atomic E-state index is 12.2. The molecule has 1 atom stereocenters. The van der Waals surface area contributed by atoms with E-state index in [0.717, 1.165) is 12.2 Å². The van der Waals surface area contributed by atoms with Gasteiger partial charge in [-0.15, -0.1) is 0 Å². The van der Waals surface area contributed by atoms with Gasteiger partial charge in [-0.3, -0.25) is 14.5 Å². The summed E-state index contributed by atoms with van der Waals surface area (Å²) in [6.07, 6.45) is 4.31. The first-order valence-corrected chi connectivity index (χ1v) is 6.66. The van der Waals surface area contributed by atoms with Crippen molar-refractivity contribution in [3.8, 4) is 0 Å². The van der Waals surface area contributed by atoms with Crippen LogP contribution in [0.4, 0.5) is 0 Å². The monoisotopic (exact) mass is 280 g/mol. The van der Waals surface area contributed by atoms with Gasteiger partial charge in [-0.25, -0.2) is 4.98 Å². The third-order valence-electron chi connectivity index (χ3n) is 3.49. The van der Waals surface area contributed by atoms with Gasteiger partial charge in [-0.1, -0.05) is 0 Å². The second kappa shape index (κ2) is 6.62. The van der Waals surface area contributed by atoms with Crippen LogP contribution in [0, 0.1) is 0 Å². The first-order valence-electron chi connectivity index (χ1n) is 6.66. The predicted octanol–water partition coefficient (Wildman–Crippen LogP) is -0.0610. The van der Waals surface area contributed by atoms with Crippen molar-refractivity contribution in [1.29, 1.82) is 0 Å². The van der Waals surface area contributed by atoms with Crippen molar-refractivity contribution >= 4 is 11.8 Å². The molecule has 1 aliphatic heterocycles. The standard InChI is InChI=1S/C13H20N4O3/c1-16-12(18)4-3-11(13(16)19)17-9-15-8-10(17)7-14-5-6-20-2/h8-9,11,14H,3-7H2,1-2H3. The number of methoxy groups -OCH3 is 1. The van der Waals surface area contributed by atoms with Gasteiger partial charge in [0.2, 0.25) is 5.91 Å². The van der Waals surface area contributed by atoms with E-state index < -0.39 is 0 Å². The Bertz CT molecular complexity index is 486. The number of imide groups is 1. The second-order valence-electron chi connectivity index (χ2n) is 4.81. The Balaban J connectivity index is 2.04. The van der Waals surface area contributed by atoms with Crippen LogP contribution < -0.4 is 5.32 Å². The fraction of sp³-hybridized carbons (Fsp3) is 0.615. The molecular weight excluding hydrogens is 260 g/mol. The van der Waals surface area contributed by atoms with E-state index in [1.54, 1.807) is 19.6 Å². The summed E-state index contributed by atoms with van der Waals surface area (Å²) >= 11 is 0. The second-order valence-corrected chi connectivity index (χ2v) is 4.81. The molecule has 2 rings (SSSR count). The summed E-state index contributed by atoms with van der Waals surface area (Å²) in [5.74, 6) is -0.288.